The van der Waals surface area contributed by atoms with Crippen LogP contribution in [-0.2, 0) is 6.54 Å². The van der Waals surface area contributed by atoms with Crippen LogP contribution in [0.1, 0.15) is 5.69 Å². The van der Waals surface area contributed by atoms with Crippen LogP contribution in [0.2, 0.25) is 0 Å². The molecule has 5 heteroatoms. The lowest BCUT2D eigenvalue weighted by molar-refractivity contribution is 0.231. The summed E-state index contributed by atoms with van der Waals surface area (Å²) < 4.78 is 0. The summed E-state index contributed by atoms with van der Waals surface area (Å²) in [5.74, 6) is 0. The average Bonchev–Trinajstić information content (AvgIpc) is 3.00. The first-order valence-electron chi connectivity index (χ1n) is 5.83. The van der Waals surface area contributed by atoms with Gasteiger partial charge in [-0.3, -0.25) is 4.90 Å². The lowest BCUT2D eigenvalue weighted by Crippen LogP contribution is -2.42. The van der Waals surface area contributed by atoms with Crippen molar-refractivity contribution in [2.24, 2.45) is 0 Å². The highest BCUT2D eigenvalue weighted by Gasteiger charge is 2.12. The maximum atomic E-state index is 4.71. The van der Waals surface area contributed by atoms with Crippen LogP contribution in [-0.4, -0.2) is 36.1 Å². The summed E-state index contributed by atoms with van der Waals surface area (Å²) in [5.41, 5.74) is 1.21. The van der Waals surface area contributed by atoms with E-state index in [1.165, 1.54) is 10.6 Å². The number of nitrogens with zero attached hydrogens (tertiary/aromatic N) is 2. The second kappa shape index (κ2) is 5.27. The lowest BCUT2D eigenvalue weighted by Gasteiger charge is -2.26. The monoisotopic (exact) mass is 265 g/mol. The standard InChI is InChI=1S/C12H15N3S2/c1-2-11(16-7-1)12-14-10(9-17-12)8-15-5-3-13-4-6-15/h1-2,7,9,13H,3-6,8H2. The number of thiazole rings is 1. The molecule has 0 unspecified atom stereocenters. The van der Waals surface area contributed by atoms with Gasteiger partial charge >= 0.3 is 0 Å². The number of hydrogen-bond acceptors (Lipinski definition) is 5. The van der Waals surface area contributed by atoms with Crippen LogP contribution in [0.3, 0.4) is 0 Å². The predicted molar refractivity (Wildman–Crippen MR) is 73.6 cm³/mol. The van der Waals surface area contributed by atoms with Gasteiger partial charge in [-0.2, -0.15) is 0 Å². The van der Waals surface area contributed by atoms with Gasteiger partial charge < -0.3 is 5.32 Å². The van der Waals surface area contributed by atoms with E-state index < -0.39 is 0 Å². The lowest BCUT2D eigenvalue weighted by atomic mass is 10.3. The van der Waals surface area contributed by atoms with E-state index in [9.17, 15) is 0 Å². The molecule has 17 heavy (non-hydrogen) atoms. The molecule has 0 aliphatic carbocycles. The molecule has 1 saturated heterocycles. The molecule has 90 valence electrons. The molecule has 3 heterocycles. The van der Waals surface area contributed by atoms with E-state index in [0.29, 0.717) is 0 Å². The summed E-state index contributed by atoms with van der Waals surface area (Å²) in [4.78, 5) is 8.45. The second-order valence-corrected chi connectivity index (χ2v) is 5.95. The maximum Gasteiger partial charge on any atom is 0.133 e. The molecule has 0 atom stereocenters. The van der Waals surface area contributed by atoms with E-state index in [1.807, 2.05) is 0 Å². The van der Waals surface area contributed by atoms with Crippen molar-refractivity contribution >= 4 is 22.7 Å². The topological polar surface area (TPSA) is 28.2 Å². The van der Waals surface area contributed by atoms with E-state index >= 15 is 0 Å². The molecule has 1 aliphatic heterocycles. The summed E-state index contributed by atoms with van der Waals surface area (Å²) in [6, 6.07) is 4.22. The van der Waals surface area contributed by atoms with Crippen molar-refractivity contribution < 1.29 is 0 Å². The molecule has 0 amide bonds. The Kier molecular flexibility index (Phi) is 3.51. The number of aromatic nitrogens is 1. The fourth-order valence-electron chi connectivity index (χ4n) is 1.99. The molecule has 0 bridgehead atoms. The third-order valence-corrected chi connectivity index (χ3v) is 4.81. The summed E-state index contributed by atoms with van der Waals surface area (Å²) in [7, 11) is 0. The molecule has 3 nitrogen and oxygen atoms in total. The Balaban J connectivity index is 1.68. The highest BCUT2D eigenvalue weighted by molar-refractivity contribution is 7.20. The predicted octanol–water partition coefficient (Wildman–Crippen LogP) is 2.28. The Morgan fingerprint density at radius 2 is 2.18 bits per heavy atom. The molecule has 0 saturated carbocycles. The average molecular weight is 265 g/mol. The van der Waals surface area contributed by atoms with Crippen LogP contribution in [0, 0.1) is 0 Å². The van der Waals surface area contributed by atoms with Crippen molar-refractivity contribution in [3.63, 3.8) is 0 Å². The van der Waals surface area contributed by atoms with Gasteiger partial charge in [0.25, 0.3) is 0 Å². The van der Waals surface area contributed by atoms with Crippen LogP contribution in [0.5, 0.6) is 0 Å². The minimum atomic E-state index is 0.990. The summed E-state index contributed by atoms with van der Waals surface area (Å²) in [6.45, 7) is 5.45. The third kappa shape index (κ3) is 2.74. The highest BCUT2D eigenvalue weighted by Crippen LogP contribution is 2.28. The molecule has 2 aromatic heterocycles. The molecule has 1 N–H and O–H groups in total. The molecule has 1 aliphatic rings. The van der Waals surface area contributed by atoms with Gasteiger partial charge in [-0.15, -0.1) is 22.7 Å². The Labute approximate surface area is 109 Å². The summed E-state index contributed by atoms with van der Waals surface area (Å²) >= 11 is 3.51. The summed E-state index contributed by atoms with van der Waals surface area (Å²) in [6.07, 6.45) is 0. The van der Waals surface area contributed by atoms with Crippen molar-refractivity contribution in [2.75, 3.05) is 26.2 Å². The zero-order valence-corrected chi connectivity index (χ0v) is 11.2. The van der Waals surface area contributed by atoms with Crippen molar-refractivity contribution in [1.29, 1.82) is 0 Å². The van der Waals surface area contributed by atoms with Gasteiger partial charge in [0.15, 0.2) is 0 Å². The van der Waals surface area contributed by atoms with Crippen LogP contribution in [0.4, 0.5) is 0 Å². The Morgan fingerprint density at radius 1 is 1.29 bits per heavy atom. The first-order chi connectivity index (χ1) is 8.42. The van der Waals surface area contributed by atoms with Crippen LogP contribution < -0.4 is 5.32 Å². The number of nitrogens with one attached hydrogen (secondary N) is 1. The van der Waals surface area contributed by atoms with Crippen molar-refractivity contribution in [1.82, 2.24) is 15.2 Å². The zero-order valence-electron chi connectivity index (χ0n) is 9.56. The Morgan fingerprint density at radius 3 is 2.94 bits per heavy atom. The molecular formula is C12H15N3S2. The van der Waals surface area contributed by atoms with E-state index in [4.69, 9.17) is 4.98 Å². The normalized spacial score (nSPS) is 17.4. The molecule has 0 aromatic carbocycles. The molecule has 0 spiro atoms. The van der Waals surface area contributed by atoms with Gasteiger partial charge in [0, 0.05) is 38.1 Å². The molecule has 2 aromatic rings. The first kappa shape index (κ1) is 11.3. The fraction of sp³-hybridized carbons (Fsp3) is 0.417. The van der Waals surface area contributed by atoms with Crippen molar-refractivity contribution in [3.05, 3.63) is 28.6 Å². The summed E-state index contributed by atoms with van der Waals surface area (Å²) in [5, 5.41) is 8.82. The quantitative estimate of drug-likeness (QED) is 0.923. The van der Waals surface area contributed by atoms with E-state index in [-0.39, 0.29) is 0 Å². The van der Waals surface area contributed by atoms with Crippen molar-refractivity contribution in [3.8, 4) is 9.88 Å². The van der Waals surface area contributed by atoms with Gasteiger partial charge in [-0.25, -0.2) is 4.98 Å². The van der Waals surface area contributed by atoms with Crippen LogP contribution >= 0.6 is 22.7 Å². The number of hydrogen-bond donors (Lipinski definition) is 1. The number of thiophene rings is 1. The number of rotatable bonds is 3. The smallest absolute Gasteiger partial charge is 0.133 e. The van der Waals surface area contributed by atoms with Crippen molar-refractivity contribution in [2.45, 2.75) is 6.54 Å². The van der Waals surface area contributed by atoms with E-state index in [1.54, 1.807) is 22.7 Å². The van der Waals surface area contributed by atoms with Gasteiger partial charge in [0.2, 0.25) is 0 Å². The molecular weight excluding hydrogens is 250 g/mol. The Bertz CT molecular complexity index is 458. The molecule has 3 rings (SSSR count). The first-order valence-corrected chi connectivity index (χ1v) is 7.59. The Hall–Kier alpha value is -0.750. The fourth-order valence-corrected chi connectivity index (χ4v) is 3.62. The van der Waals surface area contributed by atoms with Crippen LogP contribution in [0.25, 0.3) is 9.88 Å². The van der Waals surface area contributed by atoms with Gasteiger partial charge in [0.05, 0.1) is 10.6 Å². The van der Waals surface area contributed by atoms with Crippen LogP contribution in [0.15, 0.2) is 22.9 Å². The van der Waals surface area contributed by atoms with Gasteiger partial charge in [0.1, 0.15) is 5.01 Å². The third-order valence-electron chi connectivity index (χ3n) is 2.88. The van der Waals surface area contributed by atoms with E-state index in [2.05, 4.69) is 33.1 Å². The van der Waals surface area contributed by atoms with Gasteiger partial charge in [-0.1, -0.05) is 6.07 Å². The molecule has 1 fully saturated rings. The van der Waals surface area contributed by atoms with Gasteiger partial charge in [-0.05, 0) is 11.4 Å². The number of piperazine rings is 1. The largest absolute Gasteiger partial charge is 0.314 e. The SMILES string of the molecule is c1csc(-c2nc(CN3CCNCC3)cs2)c1. The second-order valence-electron chi connectivity index (χ2n) is 4.15. The minimum absolute atomic E-state index is 0.990. The zero-order chi connectivity index (χ0) is 11.5. The maximum absolute atomic E-state index is 4.71. The highest BCUT2D eigenvalue weighted by atomic mass is 32.1. The minimum Gasteiger partial charge on any atom is -0.314 e. The van der Waals surface area contributed by atoms with E-state index in [0.717, 1.165) is 37.7 Å². The molecule has 0 radical (unpaired) electrons.